The molecule has 2 aromatic rings. The number of nitrogens with zero attached hydrogens (tertiary/aromatic N) is 5. The first-order valence-corrected chi connectivity index (χ1v) is 9.40. The van der Waals surface area contributed by atoms with Crippen LogP contribution in [0.2, 0.25) is 0 Å². The summed E-state index contributed by atoms with van der Waals surface area (Å²) in [6.45, 7) is 7.48. The van der Waals surface area contributed by atoms with Gasteiger partial charge in [-0.1, -0.05) is 12.1 Å². The van der Waals surface area contributed by atoms with Gasteiger partial charge in [0, 0.05) is 45.0 Å². The molecule has 138 valence electrons. The highest BCUT2D eigenvalue weighted by atomic mass is 16.5. The molecule has 1 atom stereocenters. The first-order valence-electron chi connectivity index (χ1n) is 9.40. The van der Waals surface area contributed by atoms with Gasteiger partial charge < -0.3 is 19.9 Å². The Morgan fingerprint density at radius 1 is 1.19 bits per heavy atom. The minimum Gasteiger partial charge on any atom is -0.376 e. The number of anilines is 3. The molecule has 1 unspecified atom stereocenters. The molecule has 26 heavy (non-hydrogen) atoms. The van der Waals surface area contributed by atoms with Crippen LogP contribution in [0.25, 0.3) is 0 Å². The molecule has 2 aliphatic heterocycles. The first kappa shape index (κ1) is 17.0. The summed E-state index contributed by atoms with van der Waals surface area (Å²) < 4.78 is 5.64. The minimum atomic E-state index is 0.284. The number of hydrogen-bond donors (Lipinski definition) is 1. The number of ether oxygens (including phenoxy) is 1. The smallest absolute Gasteiger partial charge is 0.247 e. The zero-order valence-corrected chi connectivity index (χ0v) is 15.3. The molecule has 0 saturated carbocycles. The molecule has 2 fully saturated rings. The van der Waals surface area contributed by atoms with Crippen LogP contribution in [-0.2, 0) is 4.74 Å². The Morgan fingerprint density at radius 3 is 2.81 bits per heavy atom. The van der Waals surface area contributed by atoms with Crippen molar-refractivity contribution in [3.8, 4) is 0 Å². The van der Waals surface area contributed by atoms with E-state index < -0.39 is 0 Å². The second-order valence-corrected chi connectivity index (χ2v) is 6.97. The van der Waals surface area contributed by atoms with Crippen LogP contribution in [0, 0.1) is 6.92 Å². The third-order valence-electron chi connectivity index (χ3n) is 5.01. The van der Waals surface area contributed by atoms with E-state index in [2.05, 4.69) is 61.5 Å². The first-order chi connectivity index (χ1) is 12.8. The van der Waals surface area contributed by atoms with Gasteiger partial charge in [-0.05, 0) is 37.5 Å². The van der Waals surface area contributed by atoms with Crippen molar-refractivity contribution in [2.45, 2.75) is 25.9 Å². The van der Waals surface area contributed by atoms with Gasteiger partial charge in [-0.15, -0.1) is 5.10 Å². The summed E-state index contributed by atoms with van der Waals surface area (Å²) in [5, 5.41) is 11.7. The molecule has 2 aliphatic rings. The normalized spacial score (nSPS) is 20.4. The summed E-state index contributed by atoms with van der Waals surface area (Å²) in [5.41, 5.74) is 2.58. The molecule has 1 aromatic heterocycles. The number of rotatable bonds is 5. The van der Waals surface area contributed by atoms with Gasteiger partial charge in [0.25, 0.3) is 0 Å². The standard InChI is InChI=1S/C19H26N6O/c1-15-4-2-5-16(12-15)24-7-9-25(10-8-24)19-22-18(14-21-23-19)20-13-17-6-3-11-26-17/h2,4-5,12,14,17H,3,6-11,13H2,1H3,(H,20,22,23). The van der Waals surface area contributed by atoms with E-state index in [1.165, 1.54) is 11.3 Å². The van der Waals surface area contributed by atoms with Crippen molar-refractivity contribution in [1.82, 2.24) is 15.2 Å². The van der Waals surface area contributed by atoms with Crippen molar-refractivity contribution < 1.29 is 4.74 Å². The van der Waals surface area contributed by atoms with E-state index in [-0.39, 0.29) is 6.10 Å². The number of aryl methyl sites for hydroxylation is 1. The Hall–Kier alpha value is -2.41. The lowest BCUT2D eigenvalue weighted by Gasteiger charge is -2.36. The molecule has 3 heterocycles. The lowest BCUT2D eigenvalue weighted by atomic mass is 10.2. The third kappa shape index (κ3) is 4.04. The van der Waals surface area contributed by atoms with E-state index >= 15 is 0 Å². The van der Waals surface area contributed by atoms with Crippen LogP contribution >= 0.6 is 0 Å². The summed E-state index contributed by atoms with van der Waals surface area (Å²) in [6, 6.07) is 8.67. The van der Waals surface area contributed by atoms with Gasteiger partial charge in [-0.3, -0.25) is 0 Å². The quantitative estimate of drug-likeness (QED) is 0.882. The largest absolute Gasteiger partial charge is 0.376 e. The molecule has 2 saturated heterocycles. The molecule has 7 heteroatoms. The zero-order chi connectivity index (χ0) is 17.8. The molecule has 0 amide bonds. The Balaban J connectivity index is 1.34. The van der Waals surface area contributed by atoms with Crippen LogP contribution in [0.1, 0.15) is 18.4 Å². The van der Waals surface area contributed by atoms with E-state index in [0.29, 0.717) is 5.95 Å². The minimum absolute atomic E-state index is 0.284. The third-order valence-corrected chi connectivity index (χ3v) is 5.01. The summed E-state index contributed by atoms with van der Waals surface area (Å²) >= 11 is 0. The van der Waals surface area contributed by atoms with Gasteiger partial charge in [0.1, 0.15) is 0 Å². The highest BCUT2D eigenvalue weighted by Crippen LogP contribution is 2.20. The fourth-order valence-corrected chi connectivity index (χ4v) is 3.53. The molecule has 4 rings (SSSR count). The fraction of sp³-hybridized carbons (Fsp3) is 0.526. The summed E-state index contributed by atoms with van der Waals surface area (Å²) in [7, 11) is 0. The molecule has 7 nitrogen and oxygen atoms in total. The van der Waals surface area contributed by atoms with Gasteiger partial charge in [0.15, 0.2) is 5.82 Å². The molecular weight excluding hydrogens is 328 g/mol. The summed E-state index contributed by atoms with van der Waals surface area (Å²) in [6.07, 6.45) is 4.22. The predicted molar refractivity (Wildman–Crippen MR) is 103 cm³/mol. The van der Waals surface area contributed by atoms with Crippen molar-refractivity contribution in [1.29, 1.82) is 0 Å². The van der Waals surface area contributed by atoms with E-state index in [1.807, 2.05) is 0 Å². The topological polar surface area (TPSA) is 66.4 Å². The van der Waals surface area contributed by atoms with Crippen LogP contribution < -0.4 is 15.1 Å². The maximum absolute atomic E-state index is 5.64. The lowest BCUT2D eigenvalue weighted by molar-refractivity contribution is 0.120. The second-order valence-electron chi connectivity index (χ2n) is 6.97. The zero-order valence-electron chi connectivity index (χ0n) is 15.3. The Bertz CT molecular complexity index is 725. The van der Waals surface area contributed by atoms with Crippen molar-refractivity contribution in [2.75, 3.05) is 54.4 Å². The number of nitrogens with one attached hydrogen (secondary N) is 1. The predicted octanol–water partition coefficient (Wildman–Crippen LogP) is 2.10. The summed E-state index contributed by atoms with van der Waals surface area (Å²) in [4.78, 5) is 9.25. The number of hydrogen-bond acceptors (Lipinski definition) is 7. The van der Waals surface area contributed by atoms with Crippen LogP contribution in [0.5, 0.6) is 0 Å². The van der Waals surface area contributed by atoms with Gasteiger partial charge in [-0.25, -0.2) is 0 Å². The highest BCUT2D eigenvalue weighted by Gasteiger charge is 2.20. The second kappa shape index (κ2) is 7.86. The number of piperazine rings is 1. The van der Waals surface area contributed by atoms with E-state index in [0.717, 1.165) is 58.0 Å². The molecule has 0 spiro atoms. The van der Waals surface area contributed by atoms with Crippen molar-refractivity contribution >= 4 is 17.5 Å². The maximum atomic E-state index is 5.64. The average Bonchev–Trinajstić information content (AvgIpc) is 3.20. The Labute approximate surface area is 154 Å². The molecular formula is C19H26N6O. The van der Waals surface area contributed by atoms with Gasteiger partial charge in [0.05, 0.1) is 12.3 Å². The number of benzene rings is 1. The van der Waals surface area contributed by atoms with Crippen LogP contribution in [0.15, 0.2) is 30.5 Å². The Kier molecular flexibility index (Phi) is 5.15. The SMILES string of the molecule is Cc1cccc(N2CCN(c3nncc(NCC4CCCO4)n3)CC2)c1. The van der Waals surface area contributed by atoms with Crippen molar-refractivity contribution in [3.05, 3.63) is 36.0 Å². The fourth-order valence-electron chi connectivity index (χ4n) is 3.53. The van der Waals surface area contributed by atoms with E-state index in [9.17, 15) is 0 Å². The lowest BCUT2D eigenvalue weighted by Crippen LogP contribution is -2.47. The van der Waals surface area contributed by atoms with E-state index in [4.69, 9.17) is 4.74 Å². The molecule has 1 aromatic carbocycles. The number of aromatic nitrogens is 3. The van der Waals surface area contributed by atoms with Crippen molar-refractivity contribution in [3.63, 3.8) is 0 Å². The molecule has 1 N–H and O–H groups in total. The van der Waals surface area contributed by atoms with Gasteiger partial charge in [0.2, 0.25) is 5.95 Å². The molecule has 0 radical (unpaired) electrons. The Morgan fingerprint density at radius 2 is 2.04 bits per heavy atom. The average molecular weight is 354 g/mol. The van der Waals surface area contributed by atoms with Crippen LogP contribution in [-0.4, -0.2) is 60.6 Å². The van der Waals surface area contributed by atoms with E-state index in [1.54, 1.807) is 6.20 Å². The van der Waals surface area contributed by atoms with Crippen LogP contribution in [0.3, 0.4) is 0 Å². The van der Waals surface area contributed by atoms with Crippen molar-refractivity contribution in [2.24, 2.45) is 0 Å². The van der Waals surface area contributed by atoms with Crippen LogP contribution in [0.4, 0.5) is 17.5 Å². The van der Waals surface area contributed by atoms with Gasteiger partial charge in [-0.2, -0.15) is 10.1 Å². The molecule has 0 bridgehead atoms. The van der Waals surface area contributed by atoms with Gasteiger partial charge >= 0.3 is 0 Å². The maximum Gasteiger partial charge on any atom is 0.247 e. The molecule has 0 aliphatic carbocycles. The highest BCUT2D eigenvalue weighted by molar-refractivity contribution is 5.50. The monoisotopic (exact) mass is 354 g/mol. The summed E-state index contributed by atoms with van der Waals surface area (Å²) in [5.74, 6) is 1.47.